The van der Waals surface area contributed by atoms with E-state index in [0.717, 1.165) is 6.08 Å². The van der Waals surface area contributed by atoms with E-state index in [0.29, 0.717) is 5.56 Å². The monoisotopic (exact) mass is 349 g/mol. The Labute approximate surface area is 142 Å². The van der Waals surface area contributed by atoms with Gasteiger partial charge in [0, 0.05) is 6.08 Å². The van der Waals surface area contributed by atoms with Crippen LogP contribution in [0.25, 0.3) is 17.5 Å². The number of hydrogen-bond donors (Lipinski definition) is 1. The Morgan fingerprint density at radius 3 is 2.67 bits per heavy atom. The maximum absolute atomic E-state index is 14.5. The van der Waals surface area contributed by atoms with Gasteiger partial charge in [-0.3, -0.25) is 0 Å². The van der Waals surface area contributed by atoms with Crippen molar-refractivity contribution in [2.24, 2.45) is 0 Å². The van der Waals surface area contributed by atoms with Crippen molar-refractivity contribution in [3.8, 4) is 23.0 Å². The van der Waals surface area contributed by atoms with Crippen LogP contribution in [-0.4, -0.2) is 30.1 Å². The number of halogens is 2. The molecule has 0 bridgehead atoms. The predicted octanol–water partition coefficient (Wildman–Crippen LogP) is 2.94. The van der Waals surface area contributed by atoms with Gasteiger partial charge in [0.2, 0.25) is 5.88 Å². The van der Waals surface area contributed by atoms with Gasteiger partial charge in [-0.1, -0.05) is 17.7 Å². The van der Waals surface area contributed by atoms with E-state index in [1.54, 1.807) is 5.94 Å². The molecule has 0 fully saturated rings. The molecule has 0 aliphatic carbocycles. The van der Waals surface area contributed by atoms with E-state index in [9.17, 15) is 9.18 Å². The van der Waals surface area contributed by atoms with E-state index < -0.39 is 5.82 Å². The Morgan fingerprint density at radius 1 is 1.29 bits per heavy atom. The highest BCUT2D eigenvalue weighted by molar-refractivity contribution is 6.32. The summed E-state index contributed by atoms with van der Waals surface area (Å²) in [6.45, 7) is 0. The molecular formula is C16H13ClFN3O3. The number of nitrogen functional groups attached to an aromatic ring is 1. The van der Waals surface area contributed by atoms with E-state index in [1.165, 1.54) is 38.5 Å². The minimum atomic E-state index is -0.710. The number of rotatable bonds is 5. The Bertz CT molecular complexity index is 849. The van der Waals surface area contributed by atoms with E-state index in [2.05, 4.69) is 9.97 Å². The van der Waals surface area contributed by atoms with Crippen LogP contribution in [0.1, 0.15) is 5.56 Å². The molecule has 0 amide bonds. The fraction of sp³-hybridized carbons (Fsp3) is 0.125. The summed E-state index contributed by atoms with van der Waals surface area (Å²) in [5.41, 5.74) is 6.31. The molecule has 1 aromatic carbocycles. The van der Waals surface area contributed by atoms with E-state index in [4.69, 9.17) is 26.8 Å². The first-order valence-electron chi connectivity index (χ1n) is 6.64. The lowest BCUT2D eigenvalue weighted by Crippen LogP contribution is -2.04. The van der Waals surface area contributed by atoms with Crippen LogP contribution in [0.4, 0.5) is 10.2 Å². The topological polar surface area (TPSA) is 87.3 Å². The predicted molar refractivity (Wildman–Crippen MR) is 89.2 cm³/mol. The molecule has 2 aromatic rings. The minimum absolute atomic E-state index is 0.0138. The number of aromatic nitrogens is 2. The molecule has 0 aliphatic heterocycles. The molecule has 0 unspecified atom stereocenters. The molecule has 2 N–H and O–H groups in total. The number of hydrogen-bond acceptors (Lipinski definition) is 6. The van der Waals surface area contributed by atoms with Crippen molar-refractivity contribution in [3.63, 3.8) is 0 Å². The van der Waals surface area contributed by atoms with Crippen LogP contribution in [0.5, 0.6) is 11.6 Å². The first-order valence-corrected chi connectivity index (χ1v) is 7.02. The number of nitrogens with two attached hydrogens (primary N) is 1. The van der Waals surface area contributed by atoms with Crippen molar-refractivity contribution in [1.29, 1.82) is 0 Å². The van der Waals surface area contributed by atoms with Gasteiger partial charge >= 0.3 is 0 Å². The molecule has 124 valence electrons. The second-order valence-corrected chi connectivity index (χ2v) is 4.85. The molecule has 1 heterocycles. The van der Waals surface area contributed by atoms with Gasteiger partial charge in [0.05, 0.1) is 30.4 Å². The Hall–Kier alpha value is -2.89. The minimum Gasteiger partial charge on any atom is -0.492 e. The van der Waals surface area contributed by atoms with Gasteiger partial charge in [0.15, 0.2) is 17.4 Å². The zero-order valence-electron chi connectivity index (χ0n) is 12.8. The van der Waals surface area contributed by atoms with Crippen LogP contribution in [0.15, 0.2) is 24.3 Å². The van der Waals surface area contributed by atoms with Crippen LogP contribution in [0.2, 0.25) is 5.02 Å². The normalized spacial score (nSPS) is 10.5. The molecule has 0 atom stereocenters. The van der Waals surface area contributed by atoms with Gasteiger partial charge in [0.1, 0.15) is 11.8 Å². The molecule has 0 aliphatic rings. The number of allylic oxidation sites excluding steroid dienone is 2. The fourth-order valence-corrected chi connectivity index (χ4v) is 2.20. The highest BCUT2D eigenvalue weighted by Gasteiger charge is 2.19. The van der Waals surface area contributed by atoms with Crippen molar-refractivity contribution in [1.82, 2.24) is 9.97 Å². The molecule has 0 saturated heterocycles. The van der Waals surface area contributed by atoms with Gasteiger partial charge in [-0.2, -0.15) is 4.98 Å². The van der Waals surface area contributed by atoms with Crippen molar-refractivity contribution >= 4 is 29.4 Å². The maximum atomic E-state index is 14.5. The fourth-order valence-electron chi connectivity index (χ4n) is 1.97. The number of methoxy groups -OCH3 is 2. The average molecular weight is 350 g/mol. The Kier molecular flexibility index (Phi) is 5.52. The second kappa shape index (κ2) is 7.59. The quantitative estimate of drug-likeness (QED) is 0.659. The SMILES string of the molecule is COc1nc(-c2ccc(Cl)c(OC)c2F)nc(N)c1C=CC=C=O. The van der Waals surface area contributed by atoms with Crippen LogP contribution in [-0.2, 0) is 4.79 Å². The molecule has 6 nitrogen and oxygen atoms in total. The number of nitrogens with zero attached hydrogens (tertiary/aromatic N) is 2. The van der Waals surface area contributed by atoms with Gasteiger partial charge in [-0.15, -0.1) is 0 Å². The molecule has 24 heavy (non-hydrogen) atoms. The largest absolute Gasteiger partial charge is 0.492 e. The first-order chi connectivity index (χ1) is 11.5. The summed E-state index contributed by atoms with van der Waals surface area (Å²) in [6, 6.07) is 2.88. The number of carbonyl (C=O) groups excluding carboxylic acids is 1. The highest BCUT2D eigenvalue weighted by atomic mass is 35.5. The van der Waals surface area contributed by atoms with Gasteiger partial charge in [-0.25, -0.2) is 14.2 Å². The third kappa shape index (κ3) is 3.37. The lowest BCUT2D eigenvalue weighted by atomic mass is 10.1. The van der Waals surface area contributed by atoms with Gasteiger partial charge in [0.25, 0.3) is 0 Å². The zero-order valence-corrected chi connectivity index (χ0v) is 13.6. The third-order valence-electron chi connectivity index (χ3n) is 3.05. The van der Waals surface area contributed by atoms with Crippen LogP contribution in [0.3, 0.4) is 0 Å². The number of ether oxygens (including phenoxy) is 2. The number of benzene rings is 1. The van der Waals surface area contributed by atoms with E-state index >= 15 is 0 Å². The molecule has 2 rings (SSSR count). The molecule has 0 saturated carbocycles. The summed E-state index contributed by atoms with van der Waals surface area (Å²) in [4.78, 5) is 18.4. The summed E-state index contributed by atoms with van der Waals surface area (Å²) in [5.74, 6) is 0.969. The molecule has 1 aromatic heterocycles. The van der Waals surface area contributed by atoms with Crippen LogP contribution < -0.4 is 15.2 Å². The Balaban J connectivity index is 2.62. The lowest BCUT2D eigenvalue weighted by Gasteiger charge is -2.11. The molecular weight excluding hydrogens is 337 g/mol. The van der Waals surface area contributed by atoms with E-state index in [-0.39, 0.29) is 33.9 Å². The van der Waals surface area contributed by atoms with Crippen LogP contribution in [0, 0.1) is 5.82 Å². The first kappa shape index (κ1) is 17.5. The van der Waals surface area contributed by atoms with E-state index in [1.807, 2.05) is 0 Å². The standard InChI is InChI=1S/C16H13ClFN3O3/c1-23-13-11(17)7-6-9(12(13)18)15-20-14(19)10(5-3-4-8-22)16(21-15)24-2/h3-7H,1-2H3,(H2,19,20,21). The van der Waals surface area contributed by atoms with Crippen molar-refractivity contribution in [2.45, 2.75) is 0 Å². The Morgan fingerprint density at radius 2 is 2.04 bits per heavy atom. The summed E-state index contributed by atoms with van der Waals surface area (Å²) in [6.07, 6.45) is 4.05. The zero-order chi connectivity index (χ0) is 17.7. The van der Waals surface area contributed by atoms with Crippen LogP contribution >= 0.6 is 11.6 Å². The molecule has 0 spiro atoms. The lowest BCUT2D eigenvalue weighted by molar-refractivity contribution is 0.387. The summed E-state index contributed by atoms with van der Waals surface area (Å²) >= 11 is 5.88. The number of anilines is 1. The molecule has 8 heteroatoms. The van der Waals surface area contributed by atoms with Crippen molar-refractivity contribution in [3.05, 3.63) is 40.7 Å². The highest BCUT2D eigenvalue weighted by Crippen LogP contribution is 2.35. The van der Waals surface area contributed by atoms with Gasteiger partial charge in [-0.05, 0) is 18.2 Å². The average Bonchev–Trinajstić information content (AvgIpc) is 2.56. The molecule has 0 radical (unpaired) electrons. The van der Waals surface area contributed by atoms with Crippen molar-refractivity contribution < 1.29 is 18.7 Å². The summed E-state index contributed by atoms with van der Waals surface area (Å²) in [5, 5.41) is 0.124. The smallest absolute Gasteiger partial charge is 0.226 e. The third-order valence-corrected chi connectivity index (χ3v) is 3.35. The summed E-state index contributed by atoms with van der Waals surface area (Å²) in [7, 11) is 2.69. The maximum Gasteiger partial charge on any atom is 0.226 e. The second-order valence-electron chi connectivity index (χ2n) is 4.44. The summed E-state index contributed by atoms with van der Waals surface area (Å²) < 4.78 is 24.6. The van der Waals surface area contributed by atoms with Crippen molar-refractivity contribution in [2.75, 3.05) is 20.0 Å². The van der Waals surface area contributed by atoms with Gasteiger partial charge < -0.3 is 15.2 Å².